The Labute approximate surface area is 125 Å². The molecule has 6 nitrogen and oxygen atoms in total. The van der Waals surface area contributed by atoms with E-state index >= 15 is 0 Å². The second kappa shape index (κ2) is 6.36. The zero-order valence-electron chi connectivity index (χ0n) is 12.5. The number of rotatable bonds is 3. The Hall–Kier alpha value is -1.08. The van der Waals surface area contributed by atoms with E-state index in [1.807, 2.05) is 13.0 Å². The van der Waals surface area contributed by atoms with Gasteiger partial charge in [-0.3, -0.25) is 4.90 Å². The minimum atomic E-state index is -0.623. The van der Waals surface area contributed by atoms with Gasteiger partial charge in [-0.1, -0.05) is 0 Å². The second-order valence-electron chi connectivity index (χ2n) is 5.96. The van der Waals surface area contributed by atoms with Gasteiger partial charge in [0, 0.05) is 51.9 Å². The molecule has 2 aliphatic rings. The number of β-amino-alcohol motifs (C(OH)–C–C–N with tert-alkyl or cyclic N) is 1. The SMILES string of the molecule is Cc1nccc([C@@H]2CN(CC3(O)CCOCC3)CCO2)n1. The van der Waals surface area contributed by atoms with Crippen LogP contribution in [0.25, 0.3) is 0 Å². The van der Waals surface area contributed by atoms with Crippen molar-refractivity contribution in [2.45, 2.75) is 31.5 Å². The molecule has 2 saturated heterocycles. The molecule has 2 aliphatic heterocycles. The van der Waals surface area contributed by atoms with Crippen molar-refractivity contribution in [3.05, 3.63) is 23.8 Å². The molecular weight excluding hydrogens is 270 g/mol. The van der Waals surface area contributed by atoms with Crippen molar-refractivity contribution >= 4 is 0 Å². The first-order valence-corrected chi connectivity index (χ1v) is 7.58. The Bertz CT molecular complexity index is 477. The lowest BCUT2D eigenvalue weighted by Gasteiger charge is -2.40. The number of hydrogen-bond acceptors (Lipinski definition) is 6. The fourth-order valence-corrected chi connectivity index (χ4v) is 3.00. The highest BCUT2D eigenvalue weighted by molar-refractivity contribution is 5.07. The van der Waals surface area contributed by atoms with Crippen molar-refractivity contribution in [1.82, 2.24) is 14.9 Å². The molecule has 0 saturated carbocycles. The molecule has 0 aliphatic carbocycles. The quantitative estimate of drug-likeness (QED) is 0.885. The molecule has 0 spiro atoms. The van der Waals surface area contributed by atoms with Crippen LogP contribution in [0.1, 0.15) is 30.5 Å². The number of morpholine rings is 1. The topological polar surface area (TPSA) is 67.7 Å². The summed E-state index contributed by atoms with van der Waals surface area (Å²) in [7, 11) is 0. The maximum atomic E-state index is 10.6. The maximum absolute atomic E-state index is 10.6. The summed E-state index contributed by atoms with van der Waals surface area (Å²) in [4.78, 5) is 10.8. The second-order valence-corrected chi connectivity index (χ2v) is 5.96. The van der Waals surface area contributed by atoms with Gasteiger partial charge in [-0.05, 0) is 13.0 Å². The van der Waals surface area contributed by atoms with E-state index in [1.165, 1.54) is 0 Å². The van der Waals surface area contributed by atoms with Crippen LogP contribution in [0.3, 0.4) is 0 Å². The van der Waals surface area contributed by atoms with Crippen molar-refractivity contribution in [2.75, 3.05) is 39.5 Å². The van der Waals surface area contributed by atoms with Crippen molar-refractivity contribution < 1.29 is 14.6 Å². The smallest absolute Gasteiger partial charge is 0.125 e. The predicted molar refractivity (Wildman–Crippen MR) is 76.9 cm³/mol. The molecule has 0 bridgehead atoms. The number of aromatic nitrogens is 2. The summed E-state index contributed by atoms with van der Waals surface area (Å²) in [6, 6.07) is 1.91. The van der Waals surface area contributed by atoms with E-state index in [9.17, 15) is 5.11 Å². The fraction of sp³-hybridized carbons (Fsp3) is 0.733. The zero-order chi connectivity index (χ0) is 14.7. The standard InChI is InChI=1S/C15H23N3O3/c1-12-16-5-2-13(17-12)14-10-18(6-9-21-14)11-15(19)3-7-20-8-4-15/h2,5,14,19H,3-4,6-11H2,1H3/t14-/m0/s1. The van der Waals surface area contributed by atoms with Gasteiger partial charge >= 0.3 is 0 Å². The molecule has 0 aromatic carbocycles. The summed E-state index contributed by atoms with van der Waals surface area (Å²) in [6.45, 7) is 6.14. The third kappa shape index (κ3) is 3.77. The average Bonchev–Trinajstić information content (AvgIpc) is 2.48. The molecule has 0 unspecified atom stereocenters. The number of ether oxygens (including phenoxy) is 2. The van der Waals surface area contributed by atoms with Gasteiger partial charge in [-0.2, -0.15) is 0 Å². The molecule has 2 fully saturated rings. The summed E-state index contributed by atoms with van der Waals surface area (Å²) in [6.07, 6.45) is 3.15. The van der Waals surface area contributed by atoms with E-state index in [4.69, 9.17) is 9.47 Å². The van der Waals surface area contributed by atoms with E-state index < -0.39 is 5.60 Å². The largest absolute Gasteiger partial charge is 0.388 e. The van der Waals surface area contributed by atoms with E-state index in [0.29, 0.717) is 39.2 Å². The minimum absolute atomic E-state index is 0.0381. The molecule has 0 amide bonds. The van der Waals surface area contributed by atoms with E-state index in [0.717, 1.165) is 24.6 Å². The van der Waals surface area contributed by atoms with Gasteiger partial charge in [0.05, 0.1) is 17.9 Å². The Kier molecular flexibility index (Phi) is 4.49. The monoisotopic (exact) mass is 293 g/mol. The molecule has 1 N–H and O–H groups in total. The highest BCUT2D eigenvalue weighted by atomic mass is 16.5. The normalized spacial score (nSPS) is 26.7. The van der Waals surface area contributed by atoms with Crippen LogP contribution in [0.4, 0.5) is 0 Å². The molecular formula is C15H23N3O3. The molecule has 116 valence electrons. The summed E-state index contributed by atoms with van der Waals surface area (Å²) in [5.41, 5.74) is 0.299. The lowest BCUT2D eigenvalue weighted by atomic mass is 9.93. The van der Waals surface area contributed by atoms with Crippen LogP contribution in [0.5, 0.6) is 0 Å². The molecule has 3 heterocycles. The van der Waals surface area contributed by atoms with Gasteiger partial charge in [0.1, 0.15) is 11.9 Å². The number of hydrogen-bond donors (Lipinski definition) is 1. The highest BCUT2D eigenvalue weighted by Gasteiger charge is 2.34. The Morgan fingerprint density at radius 3 is 2.95 bits per heavy atom. The van der Waals surface area contributed by atoms with Crippen LogP contribution in [0.2, 0.25) is 0 Å². The first-order chi connectivity index (χ1) is 10.1. The van der Waals surface area contributed by atoms with E-state index in [-0.39, 0.29) is 6.10 Å². The molecule has 1 aromatic rings. The van der Waals surface area contributed by atoms with Gasteiger partial charge in [-0.15, -0.1) is 0 Å². The van der Waals surface area contributed by atoms with Crippen molar-refractivity contribution in [3.63, 3.8) is 0 Å². The van der Waals surface area contributed by atoms with Crippen molar-refractivity contribution in [1.29, 1.82) is 0 Å². The zero-order valence-corrected chi connectivity index (χ0v) is 12.5. The Balaban J connectivity index is 1.63. The molecule has 1 atom stereocenters. The Morgan fingerprint density at radius 2 is 2.19 bits per heavy atom. The first-order valence-electron chi connectivity index (χ1n) is 7.58. The van der Waals surface area contributed by atoms with Crippen LogP contribution in [-0.2, 0) is 9.47 Å². The summed E-state index contributed by atoms with van der Waals surface area (Å²) >= 11 is 0. The average molecular weight is 293 g/mol. The molecule has 6 heteroatoms. The lowest BCUT2D eigenvalue weighted by molar-refractivity contribution is -0.103. The van der Waals surface area contributed by atoms with Gasteiger partial charge in [-0.25, -0.2) is 9.97 Å². The van der Waals surface area contributed by atoms with Crippen LogP contribution in [0.15, 0.2) is 12.3 Å². The molecule has 3 rings (SSSR count). The third-order valence-electron chi connectivity index (χ3n) is 4.22. The van der Waals surface area contributed by atoms with Crippen LogP contribution in [-0.4, -0.2) is 65.0 Å². The highest BCUT2D eigenvalue weighted by Crippen LogP contribution is 2.26. The molecule has 0 radical (unpaired) electrons. The van der Waals surface area contributed by atoms with Crippen LogP contribution in [0, 0.1) is 6.92 Å². The molecule has 21 heavy (non-hydrogen) atoms. The number of aliphatic hydroxyl groups is 1. The van der Waals surface area contributed by atoms with Gasteiger partial charge in [0.25, 0.3) is 0 Å². The Morgan fingerprint density at radius 1 is 1.38 bits per heavy atom. The summed E-state index contributed by atoms with van der Waals surface area (Å²) in [5, 5.41) is 10.6. The van der Waals surface area contributed by atoms with Gasteiger partial charge < -0.3 is 14.6 Å². The maximum Gasteiger partial charge on any atom is 0.125 e. The van der Waals surface area contributed by atoms with Gasteiger partial charge in [0.15, 0.2) is 0 Å². The third-order valence-corrected chi connectivity index (χ3v) is 4.22. The van der Waals surface area contributed by atoms with Crippen molar-refractivity contribution in [2.24, 2.45) is 0 Å². The van der Waals surface area contributed by atoms with E-state index in [1.54, 1.807) is 6.20 Å². The number of nitrogens with zero attached hydrogens (tertiary/aromatic N) is 3. The minimum Gasteiger partial charge on any atom is -0.388 e. The van der Waals surface area contributed by atoms with E-state index in [2.05, 4.69) is 14.9 Å². The number of aryl methyl sites for hydroxylation is 1. The predicted octanol–water partition coefficient (Wildman–Crippen LogP) is 0.700. The fourth-order valence-electron chi connectivity index (χ4n) is 3.00. The van der Waals surface area contributed by atoms with Crippen molar-refractivity contribution in [3.8, 4) is 0 Å². The van der Waals surface area contributed by atoms with Crippen LogP contribution < -0.4 is 0 Å². The van der Waals surface area contributed by atoms with Gasteiger partial charge in [0.2, 0.25) is 0 Å². The lowest BCUT2D eigenvalue weighted by Crippen LogP contribution is -2.50. The summed E-state index contributed by atoms with van der Waals surface area (Å²) < 4.78 is 11.2. The summed E-state index contributed by atoms with van der Waals surface area (Å²) in [5.74, 6) is 0.760. The molecule has 1 aromatic heterocycles. The first kappa shape index (κ1) is 14.8. The van der Waals surface area contributed by atoms with Crippen LogP contribution >= 0.6 is 0 Å².